The van der Waals surface area contributed by atoms with Crippen LogP contribution in [-0.4, -0.2) is 19.8 Å². The molecule has 0 unspecified atom stereocenters. The maximum absolute atomic E-state index is 6.62. The predicted octanol–water partition coefficient (Wildman–Crippen LogP) is 1.44. The number of nitrogens with one attached hydrogen (secondary N) is 1. The van der Waals surface area contributed by atoms with E-state index in [0.717, 1.165) is 26.1 Å². The van der Waals surface area contributed by atoms with E-state index >= 15 is 0 Å². The van der Waals surface area contributed by atoms with Gasteiger partial charge in [0, 0.05) is 13.2 Å². The van der Waals surface area contributed by atoms with Gasteiger partial charge >= 0.3 is 0 Å². The standard InChI is InChI=1S/C6H12N2O/c7-8-5-6-1-3-9-4-2-6/h6-7H,1-5H2. The fourth-order valence-corrected chi connectivity index (χ4v) is 1.06. The van der Waals surface area contributed by atoms with Gasteiger partial charge in [-0.25, -0.2) is 5.53 Å². The molecule has 0 aromatic rings. The summed E-state index contributed by atoms with van der Waals surface area (Å²) in [5.41, 5.74) is 6.62. The summed E-state index contributed by atoms with van der Waals surface area (Å²) in [7, 11) is 0. The highest BCUT2D eigenvalue weighted by Crippen LogP contribution is 2.13. The monoisotopic (exact) mass is 128 g/mol. The number of hydrogen-bond donors (Lipinski definition) is 1. The Bertz CT molecular complexity index is 89.1. The fraction of sp³-hybridized carbons (Fsp3) is 1.00. The van der Waals surface area contributed by atoms with Crippen LogP contribution in [0.25, 0.3) is 0 Å². The summed E-state index contributed by atoms with van der Waals surface area (Å²) in [4.78, 5) is 0. The second kappa shape index (κ2) is 3.56. The van der Waals surface area contributed by atoms with Crippen molar-refractivity contribution in [1.82, 2.24) is 0 Å². The maximum Gasteiger partial charge on any atom is 0.0626 e. The number of ether oxygens (including phenoxy) is 1. The molecule has 1 saturated heterocycles. The number of rotatable bonds is 2. The van der Waals surface area contributed by atoms with Crippen LogP contribution in [0.4, 0.5) is 0 Å². The molecule has 0 aromatic carbocycles. The summed E-state index contributed by atoms with van der Waals surface area (Å²) in [6, 6.07) is 0. The van der Waals surface area contributed by atoms with Gasteiger partial charge in [0.2, 0.25) is 0 Å². The van der Waals surface area contributed by atoms with Crippen molar-refractivity contribution >= 4 is 0 Å². The topological polar surface area (TPSA) is 45.4 Å². The second-order valence-corrected chi connectivity index (χ2v) is 2.40. The van der Waals surface area contributed by atoms with Gasteiger partial charge in [0.1, 0.15) is 0 Å². The fourth-order valence-electron chi connectivity index (χ4n) is 1.06. The van der Waals surface area contributed by atoms with Gasteiger partial charge in [0.05, 0.1) is 6.54 Å². The van der Waals surface area contributed by atoms with Crippen molar-refractivity contribution in [2.45, 2.75) is 12.8 Å². The lowest BCUT2D eigenvalue weighted by atomic mass is 10.0. The molecule has 1 N–H and O–H groups in total. The van der Waals surface area contributed by atoms with Crippen molar-refractivity contribution in [2.24, 2.45) is 11.0 Å². The van der Waals surface area contributed by atoms with E-state index in [4.69, 9.17) is 10.3 Å². The quantitative estimate of drug-likeness (QED) is 0.562. The third kappa shape index (κ3) is 2.10. The third-order valence-electron chi connectivity index (χ3n) is 1.69. The molecule has 3 nitrogen and oxygen atoms in total. The Balaban J connectivity index is 2.15. The van der Waals surface area contributed by atoms with E-state index in [-0.39, 0.29) is 0 Å². The molecule has 1 fully saturated rings. The second-order valence-electron chi connectivity index (χ2n) is 2.40. The largest absolute Gasteiger partial charge is 0.381 e. The van der Waals surface area contributed by atoms with Crippen LogP contribution in [0.2, 0.25) is 0 Å². The van der Waals surface area contributed by atoms with Crippen molar-refractivity contribution in [3.05, 3.63) is 0 Å². The summed E-state index contributed by atoms with van der Waals surface area (Å²) >= 11 is 0. The van der Waals surface area contributed by atoms with Crippen LogP contribution in [-0.2, 0) is 4.74 Å². The normalized spacial score (nSPS) is 21.8. The van der Waals surface area contributed by atoms with E-state index in [9.17, 15) is 0 Å². The molecule has 9 heavy (non-hydrogen) atoms. The first-order valence-corrected chi connectivity index (χ1v) is 3.34. The molecular formula is C6H12N2O. The van der Waals surface area contributed by atoms with E-state index in [1.165, 1.54) is 0 Å². The summed E-state index contributed by atoms with van der Waals surface area (Å²) in [5, 5.41) is 3.35. The zero-order valence-electron chi connectivity index (χ0n) is 5.47. The Hall–Kier alpha value is -0.440. The van der Waals surface area contributed by atoms with Gasteiger partial charge in [0.15, 0.2) is 0 Å². The Kier molecular flexibility index (Phi) is 2.64. The van der Waals surface area contributed by atoms with Crippen molar-refractivity contribution in [3.63, 3.8) is 0 Å². The van der Waals surface area contributed by atoms with Crippen molar-refractivity contribution in [1.29, 1.82) is 5.53 Å². The first kappa shape index (κ1) is 6.68. The molecule has 0 atom stereocenters. The Labute approximate surface area is 54.9 Å². The molecule has 0 saturated carbocycles. The van der Waals surface area contributed by atoms with E-state index in [1.54, 1.807) is 0 Å². The highest BCUT2D eigenvalue weighted by Gasteiger charge is 2.12. The van der Waals surface area contributed by atoms with Crippen LogP contribution in [0.3, 0.4) is 0 Å². The first-order valence-electron chi connectivity index (χ1n) is 3.34. The van der Waals surface area contributed by atoms with Gasteiger partial charge in [-0.15, -0.1) is 0 Å². The molecule has 1 heterocycles. The van der Waals surface area contributed by atoms with E-state index in [1.807, 2.05) is 0 Å². The predicted molar refractivity (Wildman–Crippen MR) is 33.6 cm³/mol. The lowest BCUT2D eigenvalue weighted by Gasteiger charge is -2.18. The molecule has 0 amide bonds. The van der Waals surface area contributed by atoms with Gasteiger partial charge in [-0.3, -0.25) is 0 Å². The van der Waals surface area contributed by atoms with Gasteiger partial charge in [-0.1, -0.05) is 0 Å². The summed E-state index contributed by atoms with van der Waals surface area (Å²) < 4.78 is 5.14. The van der Waals surface area contributed by atoms with Crippen LogP contribution >= 0.6 is 0 Å². The van der Waals surface area contributed by atoms with Crippen LogP contribution < -0.4 is 0 Å². The Morgan fingerprint density at radius 3 is 2.67 bits per heavy atom. The highest BCUT2D eigenvalue weighted by atomic mass is 16.5. The van der Waals surface area contributed by atoms with Crippen molar-refractivity contribution < 1.29 is 4.74 Å². The molecule has 0 aliphatic carbocycles. The van der Waals surface area contributed by atoms with Crippen molar-refractivity contribution in [2.75, 3.05) is 19.8 Å². The molecule has 1 aliphatic heterocycles. The number of hydrogen-bond acceptors (Lipinski definition) is 3. The molecule has 0 spiro atoms. The molecule has 0 bridgehead atoms. The molecule has 0 aromatic heterocycles. The van der Waals surface area contributed by atoms with Gasteiger partial charge in [-0.2, -0.15) is 5.11 Å². The minimum atomic E-state index is 0.622. The molecule has 1 rings (SSSR count). The van der Waals surface area contributed by atoms with E-state index in [0.29, 0.717) is 12.5 Å². The van der Waals surface area contributed by atoms with Crippen LogP contribution in [0, 0.1) is 11.4 Å². The lowest BCUT2D eigenvalue weighted by molar-refractivity contribution is 0.0684. The van der Waals surface area contributed by atoms with E-state index in [2.05, 4.69) is 5.11 Å². The van der Waals surface area contributed by atoms with Gasteiger partial charge in [-0.05, 0) is 18.8 Å². The minimum absolute atomic E-state index is 0.622. The zero-order valence-corrected chi connectivity index (χ0v) is 5.47. The Morgan fingerprint density at radius 1 is 1.44 bits per heavy atom. The highest BCUT2D eigenvalue weighted by molar-refractivity contribution is 4.63. The average Bonchev–Trinajstić information content (AvgIpc) is 1.91. The lowest BCUT2D eigenvalue weighted by Crippen LogP contribution is -2.17. The maximum atomic E-state index is 6.62. The molecule has 52 valence electrons. The van der Waals surface area contributed by atoms with Crippen LogP contribution in [0.5, 0.6) is 0 Å². The molecule has 1 aliphatic rings. The van der Waals surface area contributed by atoms with Crippen molar-refractivity contribution in [3.8, 4) is 0 Å². The first-order chi connectivity index (χ1) is 4.43. The average molecular weight is 128 g/mol. The number of nitrogens with zero attached hydrogens (tertiary/aromatic N) is 1. The Morgan fingerprint density at radius 2 is 2.11 bits per heavy atom. The summed E-state index contributed by atoms with van der Waals surface area (Å²) in [5.74, 6) is 0.622. The summed E-state index contributed by atoms with van der Waals surface area (Å²) in [6.07, 6.45) is 2.17. The SMILES string of the molecule is N=NCC1CCOCC1. The van der Waals surface area contributed by atoms with E-state index < -0.39 is 0 Å². The minimum Gasteiger partial charge on any atom is -0.381 e. The smallest absolute Gasteiger partial charge is 0.0626 e. The van der Waals surface area contributed by atoms with Gasteiger partial charge < -0.3 is 4.74 Å². The van der Waals surface area contributed by atoms with Crippen LogP contribution in [0.15, 0.2) is 5.11 Å². The summed E-state index contributed by atoms with van der Waals surface area (Å²) in [6.45, 7) is 2.42. The zero-order chi connectivity index (χ0) is 6.53. The van der Waals surface area contributed by atoms with Gasteiger partial charge in [0.25, 0.3) is 0 Å². The molecule has 0 radical (unpaired) electrons. The molecular weight excluding hydrogens is 116 g/mol. The third-order valence-corrected chi connectivity index (χ3v) is 1.69. The van der Waals surface area contributed by atoms with Crippen LogP contribution in [0.1, 0.15) is 12.8 Å². The molecule has 3 heteroatoms.